The molecule has 2 aromatic carbocycles. The van der Waals surface area contributed by atoms with E-state index in [-0.39, 0.29) is 11.7 Å². The number of carboxylic acid groups (broad SMARTS) is 1. The van der Waals surface area contributed by atoms with Crippen LogP contribution in [0.5, 0.6) is 0 Å². The number of amides is 1. The van der Waals surface area contributed by atoms with Gasteiger partial charge in [0.25, 0.3) is 5.91 Å². The maximum absolute atomic E-state index is 13.7. The van der Waals surface area contributed by atoms with Gasteiger partial charge < -0.3 is 10.4 Å². The molecule has 9 heteroatoms. The zero-order valence-electron chi connectivity index (χ0n) is 21.4. The Labute approximate surface area is 225 Å². The second-order valence-corrected chi connectivity index (χ2v) is 15.5. The van der Waals surface area contributed by atoms with Crippen LogP contribution in [-0.2, 0) is 19.4 Å². The summed E-state index contributed by atoms with van der Waals surface area (Å²) in [4.78, 5) is 26.1. The number of carbonyl (C=O) groups is 2. The molecule has 2 heterocycles. The summed E-state index contributed by atoms with van der Waals surface area (Å²) < 4.78 is 26.0. The van der Waals surface area contributed by atoms with E-state index in [9.17, 15) is 23.1 Å². The van der Waals surface area contributed by atoms with Crippen molar-refractivity contribution in [2.75, 3.05) is 12.8 Å². The summed E-state index contributed by atoms with van der Waals surface area (Å²) in [6, 6.07) is 15.9. The molecule has 37 heavy (non-hydrogen) atoms. The third-order valence-electron chi connectivity index (χ3n) is 7.25. The third kappa shape index (κ3) is 5.40. The molecule has 2 atom stereocenters. The number of hydrogen-bond acceptors (Lipinski definition) is 5. The normalized spacial score (nSPS) is 20.1. The number of thiophene rings is 1. The average molecular weight is 556 g/mol. The van der Waals surface area contributed by atoms with Crippen LogP contribution in [0, 0.1) is 5.92 Å². The van der Waals surface area contributed by atoms with Gasteiger partial charge in [-0.25, -0.2) is 8.42 Å². The number of aliphatic carboxylic acids is 1. The van der Waals surface area contributed by atoms with E-state index in [1.165, 1.54) is 11.3 Å². The molecule has 4 rings (SSSR count). The Kier molecular flexibility index (Phi) is 8.25. The molecule has 1 fully saturated rings. The van der Waals surface area contributed by atoms with Crippen LogP contribution in [0.1, 0.15) is 54.8 Å². The van der Waals surface area contributed by atoms with Crippen LogP contribution >= 0.6 is 11.3 Å². The van der Waals surface area contributed by atoms with E-state index in [0.29, 0.717) is 57.2 Å². The van der Waals surface area contributed by atoms with Gasteiger partial charge in [0.2, 0.25) is 0 Å². The first-order valence-corrected chi connectivity index (χ1v) is 16.4. The minimum Gasteiger partial charge on any atom is -0.481 e. The molecular weight excluding hydrogens is 523 g/mol. The summed E-state index contributed by atoms with van der Waals surface area (Å²) in [5.74, 6) is -2.10. The SMILES string of the molecule is CNC(=O)c1ccc2cc(-c3ccc([C@@]4(C(CC[Si]C(C)C)C(=O)O)CCCCS4(=O)=O)s3)ccc2c1. The lowest BCUT2D eigenvalue weighted by molar-refractivity contribution is -0.143. The number of sulfone groups is 1. The fourth-order valence-electron chi connectivity index (χ4n) is 5.33. The molecule has 0 saturated carbocycles. The number of nitrogens with one attached hydrogen (secondary N) is 1. The van der Waals surface area contributed by atoms with Gasteiger partial charge in [-0.05, 0) is 65.9 Å². The Morgan fingerprint density at radius 3 is 2.49 bits per heavy atom. The quantitative estimate of drug-likeness (QED) is 0.327. The molecule has 1 aromatic heterocycles. The van der Waals surface area contributed by atoms with Crippen LogP contribution < -0.4 is 5.32 Å². The molecule has 0 aliphatic carbocycles. The van der Waals surface area contributed by atoms with Crippen molar-refractivity contribution in [3.8, 4) is 10.4 Å². The summed E-state index contributed by atoms with van der Waals surface area (Å²) in [6.07, 6.45) is 1.98. The van der Waals surface area contributed by atoms with Crippen molar-refractivity contribution in [1.29, 1.82) is 0 Å². The van der Waals surface area contributed by atoms with Crippen molar-refractivity contribution >= 4 is 53.3 Å². The van der Waals surface area contributed by atoms with Gasteiger partial charge in [0.1, 0.15) is 4.75 Å². The molecule has 1 unspecified atom stereocenters. The Morgan fingerprint density at radius 1 is 1.08 bits per heavy atom. The summed E-state index contributed by atoms with van der Waals surface area (Å²) in [6.45, 7) is 4.21. The van der Waals surface area contributed by atoms with Gasteiger partial charge >= 0.3 is 5.97 Å². The number of rotatable bonds is 9. The Balaban J connectivity index is 1.75. The van der Waals surface area contributed by atoms with Gasteiger partial charge in [-0.15, -0.1) is 11.3 Å². The van der Waals surface area contributed by atoms with Gasteiger partial charge in [0.15, 0.2) is 9.84 Å². The van der Waals surface area contributed by atoms with Gasteiger partial charge in [0.05, 0.1) is 11.7 Å². The molecule has 1 aliphatic rings. The standard InChI is InChI=1S/C28H33NO5S2Si/c1-18(2)37-15-12-23(27(31)32)28(13-4-5-14-36(28,33)34)25-11-10-24(35-25)21-8-6-20-17-22(26(30)29-3)9-7-19(20)16-21/h6-11,16-18,23H,4-5,12-15H2,1-3H3,(H,29,30)(H,31,32)/t23?,28-/m0/s1. The lowest BCUT2D eigenvalue weighted by Gasteiger charge is -2.40. The average Bonchev–Trinajstić information content (AvgIpc) is 3.36. The van der Waals surface area contributed by atoms with E-state index in [2.05, 4.69) is 19.2 Å². The predicted octanol–water partition coefficient (Wildman–Crippen LogP) is 5.76. The summed E-state index contributed by atoms with van der Waals surface area (Å²) in [5, 5.41) is 14.8. The van der Waals surface area contributed by atoms with Crippen molar-refractivity contribution in [3.05, 3.63) is 59.0 Å². The highest BCUT2D eigenvalue weighted by atomic mass is 32.2. The minimum absolute atomic E-state index is 0.0279. The zero-order valence-corrected chi connectivity index (χ0v) is 24.0. The Hall–Kier alpha value is -2.49. The molecule has 6 nitrogen and oxygen atoms in total. The van der Waals surface area contributed by atoms with Crippen LogP contribution in [0.3, 0.4) is 0 Å². The second kappa shape index (κ2) is 11.1. The molecule has 1 saturated heterocycles. The Morgan fingerprint density at radius 2 is 1.81 bits per heavy atom. The smallest absolute Gasteiger partial charge is 0.308 e. The summed E-state index contributed by atoms with van der Waals surface area (Å²) in [5.41, 5.74) is 1.98. The highest BCUT2D eigenvalue weighted by Gasteiger charge is 2.55. The molecule has 196 valence electrons. The van der Waals surface area contributed by atoms with Gasteiger partial charge in [-0.2, -0.15) is 0 Å². The van der Waals surface area contributed by atoms with Crippen LogP contribution in [0.15, 0.2) is 48.5 Å². The zero-order chi connectivity index (χ0) is 26.8. The van der Waals surface area contributed by atoms with Crippen molar-refractivity contribution in [1.82, 2.24) is 5.32 Å². The highest BCUT2D eigenvalue weighted by molar-refractivity contribution is 7.92. The van der Waals surface area contributed by atoms with E-state index in [0.717, 1.165) is 21.2 Å². The van der Waals surface area contributed by atoms with Crippen LogP contribution in [0.25, 0.3) is 21.2 Å². The van der Waals surface area contributed by atoms with Crippen molar-refractivity contribution < 1.29 is 23.1 Å². The predicted molar refractivity (Wildman–Crippen MR) is 151 cm³/mol. The number of carbonyl (C=O) groups excluding carboxylic acids is 1. The number of fused-ring (bicyclic) bond motifs is 1. The fraction of sp³-hybridized carbons (Fsp3) is 0.429. The number of benzene rings is 2. The van der Waals surface area contributed by atoms with E-state index in [4.69, 9.17) is 0 Å². The van der Waals surface area contributed by atoms with Crippen LogP contribution in [-0.4, -0.2) is 47.7 Å². The molecule has 3 aromatic rings. The Bertz CT molecular complexity index is 1410. The first-order valence-electron chi connectivity index (χ1n) is 12.6. The van der Waals surface area contributed by atoms with Crippen LogP contribution in [0.4, 0.5) is 0 Å². The fourth-order valence-corrected chi connectivity index (χ4v) is 10.5. The van der Waals surface area contributed by atoms with Gasteiger partial charge in [-0.3, -0.25) is 9.59 Å². The van der Waals surface area contributed by atoms with E-state index >= 15 is 0 Å². The number of hydrogen-bond donors (Lipinski definition) is 2. The molecule has 1 aliphatic heterocycles. The first kappa shape index (κ1) is 27.5. The van der Waals surface area contributed by atoms with E-state index in [1.54, 1.807) is 13.1 Å². The van der Waals surface area contributed by atoms with E-state index in [1.807, 2.05) is 42.5 Å². The largest absolute Gasteiger partial charge is 0.481 e. The van der Waals surface area contributed by atoms with Crippen molar-refractivity contribution in [2.24, 2.45) is 5.92 Å². The molecule has 0 bridgehead atoms. The van der Waals surface area contributed by atoms with Gasteiger partial charge in [-0.1, -0.05) is 50.1 Å². The summed E-state index contributed by atoms with van der Waals surface area (Å²) in [7, 11) is -1.45. The monoisotopic (exact) mass is 555 g/mol. The molecule has 0 spiro atoms. The van der Waals surface area contributed by atoms with Crippen LogP contribution in [0.2, 0.25) is 11.6 Å². The van der Waals surface area contributed by atoms with Crippen molar-refractivity contribution in [3.63, 3.8) is 0 Å². The topological polar surface area (TPSA) is 101 Å². The molecule has 1 amide bonds. The lowest BCUT2D eigenvalue weighted by Crippen LogP contribution is -2.49. The first-order chi connectivity index (χ1) is 17.6. The highest BCUT2D eigenvalue weighted by Crippen LogP contribution is 2.51. The minimum atomic E-state index is -3.66. The lowest BCUT2D eigenvalue weighted by atomic mass is 9.83. The molecular formula is C28H33NO5S2Si. The maximum Gasteiger partial charge on any atom is 0.308 e. The second-order valence-electron chi connectivity index (χ2n) is 9.97. The summed E-state index contributed by atoms with van der Waals surface area (Å²) >= 11 is 1.40. The maximum atomic E-state index is 13.7. The number of carboxylic acids is 1. The third-order valence-corrected chi connectivity index (χ3v) is 12.7. The molecule has 2 N–H and O–H groups in total. The van der Waals surface area contributed by atoms with E-state index < -0.39 is 26.5 Å². The molecule has 2 radical (unpaired) electrons. The van der Waals surface area contributed by atoms with Crippen molar-refractivity contribution in [2.45, 2.75) is 55.9 Å². The van der Waals surface area contributed by atoms with Gasteiger partial charge in [0, 0.05) is 31.9 Å².